The van der Waals surface area contributed by atoms with Crippen molar-refractivity contribution < 1.29 is 14.3 Å². The lowest BCUT2D eigenvalue weighted by Crippen LogP contribution is -2.43. The zero-order valence-corrected chi connectivity index (χ0v) is 14.3. The Morgan fingerprint density at radius 1 is 1.30 bits per heavy atom. The Bertz CT molecular complexity index is 573. The minimum absolute atomic E-state index is 0.124. The van der Waals surface area contributed by atoms with Gasteiger partial charge < -0.3 is 15.0 Å². The van der Waals surface area contributed by atoms with Crippen LogP contribution >= 0.6 is 0 Å². The SMILES string of the molecule is Cc1cnccc1NC(=O)N1CCC(C(=O)OC(C)(C)C)CC1. The lowest BCUT2D eigenvalue weighted by Gasteiger charge is -2.32. The summed E-state index contributed by atoms with van der Waals surface area (Å²) in [5, 5.41) is 2.89. The van der Waals surface area contributed by atoms with E-state index in [0.717, 1.165) is 11.3 Å². The number of pyridine rings is 1. The number of ether oxygens (including phenoxy) is 1. The van der Waals surface area contributed by atoms with Crippen molar-refractivity contribution in [1.82, 2.24) is 9.88 Å². The third-order valence-corrected chi connectivity index (χ3v) is 3.78. The highest BCUT2D eigenvalue weighted by molar-refractivity contribution is 5.90. The molecule has 0 aromatic carbocycles. The van der Waals surface area contributed by atoms with Crippen molar-refractivity contribution in [2.24, 2.45) is 5.92 Å². The molecule has 1 aromatic rings. The van der Waals surface area contributed by atoms with E-state index in [1.807, 2.05) is 27.7 Å². The normalized spacial score (nSPS) is 16.1. The zero-order valence-electron chi connectivity index (χ0n) is 14.3. The van der Waals surface area contributed by atoms with Gasteiger partial charge in [-0.25, -0.2) is 4.79 Å². The maximum atomic E-state index is 12.3. The predicted octanol–water partition coefficient (Wildman–Crippen LogP) is 2.98. The molecule has 6 heteroatoms. The highest BCUT2D eigenvalue weighted by Crippen LogP contribution is 2.22. The standard InChI is InChI=1S/C17H25N3O3/c1-12-11-18-8-5-14(12)19-16(22)20-9-6-13(7-10-20)15(21)23-17(2,3)4/h5,8,11,13H,6-7,9-10H2,1-4H3,(H,18,19,22). The van der Waals surface area contributed by atoms with Crippen LogP contribution in [-0.4, -0.2) is 40.6 Å². The Labute approximate surface area is 137 Å². The number of carbonyl (C=O) groups excluding carboxylic acids is 2. The molecule has 1 saturated heterocycles. The van der Waals surface area contributed by atoms with E-state index in [2.05, 4.69) is 10.3 Å². The van der Waals surface area contributed by atoms with E-state index in [4.69, 9.17) is 4.74 Å². The summed E-state index contributed by atoms with van der Waals surface area (Å²) in [4.78, 5) is 30.1. The molecule has 0 unspecified atom stereocenters. The molecule has 126 valence electrons. The molecular formula is C17H25N3O3. The van der Waals surface area contributed by atoms with Crippen molar-refractivity contribution >= 4 is 17.7 Å². The number of amides is 2. The van der Waals surface area contributed by atoms with Crippen molar-refractivity contribution in [3.05, 3.63) is 24.0 Å². The van der Waals surface area contributed by atoms with Gasteiger partial charge in [0.2, 0.25) is 0 Å². The molecule has 1 aromatic heterocycles. The van der Waals surface area contributed by atoms with Crippen molar-refractivity contribution in [2.45, 2.75) is 46.1 Å². The number of nitrogens with zero attached hydrogens (tertiary/aromatic N) is 2. The van der Waals surface area contributed by atoms with Gasteiger partial charge in [0.15, 0.2) is 0 Å². The number of esters is 1. The average molecular weight is 319 g/mol. The minimum Gasteiger partial charge on any atom is -0.460 e. The van der Waals surface area contributed by atoms with Gasteiger partial charge in [-0.3, -0.25) is 9.78 Å². The molecule has 0 aliphatic carbocycles. The minimum atomic E-state index is -0.468. The van der Waals surface area contributed by atoms with Gasteiger partial charge in [0.25, 0.3) is 0 Å². The van der Waals surface area contributed by atoms with Crippen molar-refractivity contribution in [3.63, 3.8) is 0 Å². The Kier molecular flexibility index (Phi) is 5.23. The Morgan fingerprint density at radius 3 is 2.52 bits per heavy atom. The summed E-state index contributed by atoms with van der Waals surface area (Å²) < 4.78 is 5.42. The summed E-state index contributed by atoms with van der Waals surface area (Å²) in [6.45, 7) is 8.61. The van der Waals surface area contributed by atoms with E-state index in [1.165, 1.54) is 0 Å². The number of carbonyl (C=O) groups is 2. The van der Waals surface area contributed by atoms with Gasteiger partial charge >= 0.3 is 12.0 Å². The number of likely N-dealkylation sites (tertiary alicyclic amines) is 1. The van der Waals surface area contributed by atoms with Gasteiger partial charge in [-0.1, -0.05) is 0 Å². The Morgan fingerprint density at radius 2 is 1.96 bits per heavy atom. The first-order chi connectivity index (χ1) is 10.8. The topological polar surface area (TPSA) is 71.5 Å². The number of urea groups is 1. The third-order valence-electron chi connectivity index (χ3n) is 3.78. The van der Waals surface area contributed by atoms with Gasteiger partial charge in [-0.2, -0.15) is 0 Å². The van der Waals surface area contributed by atoms with E-state index >= 15 is 0 Å². The molecule has 1 aliphatic rings. The van der Waals surface area contributed by atoms with Crippen molar-refractivity contribution in [1.29, 1.82) is 0 Å². The first-order valence-electron chi connectivity index (χ1n) is 7.95. The van der Waals surface area contributed by atoms with Crippen LogP contribution in [0.4, 0.5) is 10.5 Å². The second-order valence-electron chi connectivity index (χ2n) is 6.92. The number of hydrogen-bond donors (Lipinski definition) is 1. The van der Waals surface area contributed by atoms with Gasteiger partial charge in [-0.15, -0.1) is 0 Å². The number of piperidine rings is 1. The first-order valence-corrected chi connectivity index (χ1v) is 7.95. The van der Waals surface area contributed by atoms with Crippen LogP contribution in [-0.2, 0) is 9.53 Å². The summed E-state index contributed by atoms with van der Waals surface area (Å²) in [6.07, 6.45) is 4.64. The zero-order chi connectivity index (χ0) is 17.0. The van der Waals surface area contributed by atoms with E-state index in [9.17, 15) is 9.59 Å². The fraction of sp³-hybridized carbons (Fsp3) is 0.588. The smallest absolute Gasteiger partial charge is 0.321 e. The van der Waals surface area contributed by atoms with Gasteiger partial charge in [0.05, 0.1) is 5.92 Å². The number of aryl methyl sites for hydroxylation is 1. The third kappa shape index (κ3) is 4.94. The van der Waals surface area contributed by atoms with E-state index in [0.29, 0.717) is 25.9 Å². The second kappa shape index (κ2) is 6.98. The average Bonchev–Trinajstić information content (AvgIpc) is 2.48. The largest absolute Gasteiger partial charge is 0.460 e. The van der Waals surface area contributed by atoms with Crippen LogP contribution in [0.3, 0.4) is 0 Å². The maximum absolute atomic E-state index is 12.3. The molecule has 0 bridgehead atoms. The van der Waals surface area contributed by atoms with Gasteiger partial charge in [0.1, 0.15) is 5.60 Å². The van der Waals surface area contributed by atoms with Crippen LogP contribution in [0.15, 0.2) is 18.5 Å². The number of nitrogens with one attached hydrogen (secondary N) is 1. The van der Waals surface area contributed by atoms with Crippen molar-refractivity contribution in [3.8, 4) is 0 Å². The number of aromatic nitrogens is 1. The fourth-order valence-electron chi connectivity index (χ4n) is 2.51. The maximum Gasteiger partial charge on any atom is 0.321 e. The number of hydrogen-bond acceptors (Lipinski definition) is 4. The van der Waals surface area contributed by atoms with Crippen LogP contribution in [0.2, 0.25) is 0 Å². The highest BCUT2D eigenvalue weighted by Gasteiger charge is 2.30. The van der Waals surface area contributed by atoms with Crippen LogP contribution in [0, 0.1) is 12.8 Å². The molecule has 6 nitrogen and oxygen atoms in total. The molecule has 23 heavy (non-hydrogen) atoms. The molecule has 1 fully saturated rings. The van der Waals surface area contributed by atoms with E-state index in [-0.39, 0.29) is 17.9 Å². The molecule has 0 saturated carbocycles. The summed E-state index contributed by atoms with van der Waals surface area (Å²) >= 11 is 0. The summed E-state index contributed by atoms with van der Waals surface area (Å²) in [7, 11) is 0. The van der Waals surface area contributed by atoms with Crippen molar-refractivity contribution in [2.75, 3.05) is 18.4 Å². The Balaban J connectivity index is 1.85. The van der Waals surface area contributed by atoms with E-state index in [1.54, 1.807) is 23.4 Å². The molecule has 0 spiro atoms. The summed E-state index contributed by atoms with van der Waals surface area (Å²) in [5.74, 6) is -0.288. The molecule has 1 N–H and O–H groups in total. The summed E-state index contributed by atoms with van der Waals surface area (Å²) in [6, 6.07) is 1.64. The lowest BCUT2D eigenvalue weighted by molar-refractivity contribution is -0.161. The molecule has 1 aliphatic heterocycles. The number of rotatable bonds is 2. The van der Waals surface area contributed by atoms with Gasteiger partial charge in [-0.05, 0) is 52.2 Å². The van der Waals surface area contributed by atoms with Gasteiger partial charge in [0, 0.05) is 31.2 Å². The van der Waals surface area contributed by atoms with E-state index < -0.39 is 5.60 Å². The van der Waals surface area contributed by atoms with Crippen LogP contribution < -0.4 is 5.32 Å². The fourth-order valence-corrected chi connectivity index (χ4v) is 2.51. The molecular weight excluding hydrogens is 294 g/mol. The van der Waals surface area contributed by atoms with Crippen LogP contribution in [0.25, 0.3) is 0 Å². The predicted molar refractivity (Wildman–Crippen MR) is 88.1 cm³/mol. The number of anilines is 1. The molecule has 2 rings (SSSR count). The molecule has 0 atom stereocenters. The second-order valence-corrected chi connectivity index (χ2v) is 6.92. The lowest BCUT2D eigenvalue weighted by atomic mass is 9.97. The molecule has 0 radical (unpaired) electrons. The van der Waals surface area contributed by atoms with Crippen LogP contribution in [0.1, 0.15) is 39.2 Å². The highest BCUT2D eigenvalue weighted by atomic mass is 16.6. The quantitative estimate of drug-likeness (QED) is 0.851. The molecule has 2 amide bonds. The molecule has 2 heterocycles. The summed E-state index contributed by atoms with van der Waals surface area (Å²) in [5.41, 5.74) is 1.22. The monoisotopic (exact) mass is 319 g/mol. The van der Waals surface area contributed by atoms with Crippen LogP contribution in [0.5, 0.6) is 0 Å². The Hall–Kier alpha value is -2.11. The first kappa shape index (κ1) is 17.2.